The third-order valence-electron chi connectivity index (χ3n) is 4.92. The lowest BCUT2D eigenvalue weighted by molar-refractivity contribution is -0.137. The minimum atomic E-state index is -4.52. The average Bonchev–Trinajstić information content (AvgIpc) is 3.33. The number of carbonyl (C=O) groups excluding carboxylic acids is 1. The standard InChI is InChI=1S/C18H19F3N4O3/c19-18(20,21)13-2-3-15(25-6-1-5-22-25)14(10-13)23-16(26)24-7-9-28-17(11-24)4-8-27-12-17/h1-3,5-6,10H,4,7-9,11-12H2,(H,23,26). The predicted octanol–water partition coefficient (Wildman–Crippen LogP) is 2.91. The van der Waals surface area contributed by atoms with Gasteiger partial charge < -0.3 is 19.7 Å². The van der Waals surface area contributed by atoms with Crippen molar-refractivity contribution < 1.29 is 27.4 Å². The molecule has 0 radical (unpaired) electrons. The van der Waals surface area contributed by atoms with Crippen molar-refractivity contribution >= 4 is 11.7 Å². The van der Waals surface area contributed by atoms with E-state index < -0.39 is 23.4 Å². The second-order valence-corrected chi connectivity index (χ2v) is 6.87. The fourth-order valence-electron chi connectivity index (χ4n) is 3.46. The SMILES string of the molecule is O=C(Nc1cc(C(F)(F)F)ccc1-n1cccn1)N1CCOC2(CCOC2)C1. The first-order chi connectivity index (χ1) is 13.4. The molecule has 1 N–H and O–H groups in total. The van der Waals surface area contributed by atoms with E-state index in [9.17, 15) is 18.0 Å². The zero-order valence-corrected chi connectivity index (χ0v) is 14.9. The highest BCUT2D eigenvalue weighted by atomic mass is 19.4. The highest BCUT2D eigenvalue weighted by Gasteiger charge is 2.42. The predicted molar refractivity (Wildman–Crippen MR) is 93.3 cm³/mol. The van der Waals surface area contributed by atoms with E-state index in [0.29, 0.717) is 45.0 Å². The molecular weight excluding hydrogens is 377 g/mol. The number of hydrogen-bond acceptors (Lipinski definition) is 4. The second kappa shape index (κ2) is 7.10. The van der Waals surface area contributed by atoms with Gasteiger partial charge in [-0.1, -0.05) is 0 Å². The van der Waals surface area contributed by atoms with E-state index in [1.165, 1.54) is 16.9 Å². The number of benzene rings is 1. The van der Waals surface area contributed by atoms with Crippen LogP contribution in [0.4, 0.5) is 23.7 Å². The van der Waals surface area contributed by atoms with Crippen molar-refractivity contribution in [2.75, 3.05) is 38.2 Å². The number of carbonyl (C=O) groups is 1. The van der Waals surface area contributed by atoms with Gasteiger partial charge in [-0.25, -0.2) is 9.48 Å². The molecule has 2 aromatic rings. The van der Waals surface area contributed by atoms with Crippen LogP contribution in [0, 0.1) is 0 Å². The molecule has 3 heterocycles. The molecule has 0 saturated carbocycles. The Morgan fingerprint density at radius 1 is 1.29 bits per heavy atom. The molecule has 1 atom stereocenters. The van der Waals surface area contributed by atoms with Gasteiger partial charge in [0, 0.05) is 32.0 Å². The Morgan fingerprint density at radius 3 is 2.82 bits per heavy atom. The Balaban J connectivity index is 1.59. The summed E-state index contributed by atoms with van der Waals surface area (Å²) in [6, 6.07) is 4.34. The monoisotopic (exact) mass is 396 g/mol. The van der Waals surface area contributed by atoms with Crippen LogP contribution < -0.4 is 5.32 Å². The molecule has 4 rings (SSSR count). The van der Waals surface area contributed by atoms with Crippen LogP contribution in [0.25, 0.3) is 5.69 Å². The number of aromatic nitrogens is 2. The van der Waals surface area contributed by atoms with Gasteiger partial charge in [-0.15, -0.1) is 0 Å². The topological polar surface area (TPSA) is 68.6 Å². The summed E-state index contributed by atoms with van der Waals surface area (Å²) in [5.74, 6) is 0. The summed E-state index contributed by atoms with van der Waals surface area (Å²) in [6.07, 6.45) is -0.738. The van der Waals surface area contributed by atoms with Gasteiger partial charge in [0.15, 0.2) is 0 Å². The molecule has 2 aliphatic rings. The van der Waals surface area contributed by atoms with Crippen LogP contribution >= 0.6 is 0 Å². The Bertz CT molecular complexity index is 848. The van der Waals surface area contributed by atoms with Crippen LogP contribution in [0.1, 0.15) is 12.0 Å². The molecule has 2 saturated heterocycles. The number of nitrogens with zero attached hydrogens (tertiary/aromatic N) is 3. The van der Waals surface area contributed by atoms with Crippen LogP contribution in [0.15, 0.2) is 36.7 Å². The highest BCUT2D eigenvalue weighted by molar-refractivity contribution is 5.92. The number of morpholine rings is 1. The molecule has 2 aliphatic heterocycles. The quantitative estimate of drug-likeness (QED) is 0.848. The second-order valence-electron chi connectivity index (χ2n) is 6.87. The molecule has 28 heavy (non-hydrogen) atoms. The van der Waals surface area contributed by atoms with Gasteiger partial charge in [0.25, 0.3) is 0 Å². The first kappa shape index (κ1) is 18.8. The number of ether oxygens (including phenoxy) is 2. The van der Waals surface area contributed by atoms with Crippen molar-refractivity contribution in [3.8, 4) is 5.69 Å². The number of amides is 2. The molecule has 0 aliphatic carbocycles. The van der Waals surface area contributed by atoms with E-state index in [1.54, 1.807) is 17.2 Å². The normalized spacial score (nSPS) is 22.6. The van der Waals surface area contributed by atoms with Crippen molar-refractivity contribution in [1.82, 2.24) is 14.7 Å². The van der Waals surface area contributed by atoms with Crippen molar-refractivity contribution in [1.29, 1.82) is 0 Å². The summed E-state index contributed by atoms with van der Waals surface area (Å²) >= 11 is 0. The van der Waals surface area contributed by atoms with Gasteiger partial charge in [0.1, 0.15) is 5.60 Å². The van der Waals surface area contributed by atoms with Gasteiger partial charge in [0.2, 0.25) is 0 Å². The summed E-state index contributed by atoms with van der Waals surface area (Å²) in [4.78, 5) is 14.3. The van der Waals surface area contributed by atoms with Crippen LogP contribution in [0.2, 0.25) is 0 Å². The van der Waals surface area contributed by atoms with Gasteiger partial charge in [-0.3, -0.25) is 0 Å². The maximum absolute atomic E-state index is 13.2. The van der Waals surface area contributed by atoms with Crippen LogP contribution in [0.5, 0.6) is 0 Å². The lowest BCUT2D eigenvalue weighted by Crippen LogP contribution is -2.55. The summed E-state index contributed by atoms with van der Waals surface area (Å²) in [5, 5.41) is 6.67. The van der Waals surface area contributed by atoms with Gasteiger partial charge in [0.05, 0.1) is 36.7 Å². The summed E-state index contributed by atoms with van der Waals surface area (Å²) in [5.41, 5.74) is -1.000. The fourth-order valence-corrected chi connectivity index (χ4v) is 3.46. The summed E-state index contributed by atoms with van der Waals surface area (Å²) in [7, 11) is 0. The molecule has 2 fully saturated rings. The van der Waals surface area contributed by atoms with Crippen molar-refractivity contribution in [2.45, 2.75) is 18.2 Å². The summed E-state index contributed by atoms with van der Waals surface area (Å²) in [6.45, 7) is 2.00. The van der Waals surface area contributed by atoms with E-state index in [2.05, 4.69) is 10.4 Å². The number of halogens is 3. The van der Waals surface area contributed by atoms with E-state index >= 15 is 0 Å². The highest BCUT2D eigenvalue weighted by Crippen LogP contribution is 2.34. The Morgan fingerprint density at radius 2 is 2.14 bits per heavy atom. The van der Waals surface area contributed by atoms with Crippen LogP contribution in [0.3, 0.4) is 0 Å². The van der Waals surface area contributed by atoms with Gasteiger partial charge in [-0.05, 0) is 24.3 Å². The molecule has 1 aromatic carbocycles. The van der Waals surface area contributed by atoms with Crippen LogP contribution in [-0.4, -0.2) is 59.2 Å². The van der Waals surface area contributed by atoms with Crippen LogP contribution in [-0.2, 0) is 15.7 Å². The molecule has 2 amide bonds. The van der Waals surface area contributed by atoms with Gasteiger partial charge in [-0.2, -0.15) is 18.3 Å². The third kappa shape index (κ3) is 3.69. The summed E-state index contributed by atoms with van der Waals surface area (Å²) < 4.78 is 52.1. The zero-order chi connectivity index (χ0) is 19.8. The molecule has 0 bridgehead atoms. The number of urea groups is 1. The Hall–Kier alpha value is -2.59. The average molecular weight is 396 g/mol. The minimum absolute atomic E-state index is 0.0340. The van der Waals surface area contributed by atoms with Crippen molar-refractivity contribution in [3.05, 3.63) is 42.2 Å². The number of nitrogens with one attached hydrogen (secondary N) is 1. The maximum Gasteiger partial charge on any atom is 0.416 e. The lowest BCUT2D eigenvalue weighted by Gasteiger charge is -2.39. The van der Waals surface area contributed by atoms with E-state index in [1.807, 2.05) is 0 Å². The zero-order valence-electron chi connectivity index (χ0n) is 14.9. The Labute approximate surface area is 159 Å². The molecule has 1 aromatic heterocycles. The number of anilines is 1. The van der Waals surface area contributed by atoms with Gasteiger partial charge >= 0.3 is 12.2 Å². The number of rotatable bonds is 2. The van der Waals surface area contributed by atoms with E-state index in [0.717, 1.165) is 12.1 Å². The van der Waals surface area contributed by atoms with Crippen molar-refractivity contribution in [2.24, 2.45) is 0 Å². The molecule has 10 heteroatoms. The number of alkyl halides is 3. The largest absolute Gasteiger partial charge is 0.416 e. The van der Waals surface area contributed by atoms with E-state index in [4.69, 9.17) is 9.47 Å². The third-order valence-corrected chi connectivity index (χ3v) is 4.92. The molecule has 7 nitrogen and oxygen atoms in total. The lowest BCUT2D eigenvalue weighted by atomic mass is 10.0. The minimum Gasteiger partial charge on any atom is -0.378 e. The first-order valence-electron chi connectivity index (χ1n) is 8.85. The Kier molecular flexibility index (Phi) is 4.76. The molecule has 1 spiro atoms. The molecule has 150 valence electrons. The smallest absolute Gasteiger partial charge is 0.378 e. The molecular formula is C18H19F3N4O3. The van der Waals surface area contributed by atoms with E-state index in [-0.39, 0.29) is 5.69 Å². The van der Waals surface area contributed by atoms with Crippen molar-refractivity contribution in [3.63, 3.8) is 0 Å². The first-order valence-corrected chi connectivity index (χ1v) is 8.85. The number of hydrogen-bond donors (Lipinski definition) is 1. The fraction of sp³-hybridized carbons (Fsp3) is 0.444. The maximum atomic E-state index is 13.2. The molecule has 1 unspecified atom stereocenters.